The fourth-order valence-corrected chi connectivity index (χ4v) is 1.58. The maximum absolute atomic E-state index is 12.7. The van der Waals surface area contributed by atoms with Crippen molar-refractivity contribution < 1.29 is 13.7 Å². The molecule has 2 rings (SSSR count). The number of nitrogens with one attached hydrogen (secondary N) is 1. The third-order valence-corrected chi connectivity index (χ3v) is 2.76. The van der Waals surface area contributed by atoms with E-state index in [1.165, 1.54) is 12.1 Å². The van der Waals surface area contributed by atoms with Crippen molar-refractivity contribution in [3.63, 3.8) is 0 Å². The Morgan fingerprint density at radius 2 is 2.18 bits per heavy atom. The van der Waals surface area contributed by atoms with Crippen LogP contribution in [0.1, 0.15) is 24.8 Å². The van der Waals surface area contributed by atoms with Crippen molar-refractivity contribution in [2.24, 2.45) is 5.92 Å². The van der Waals surface area contributed by atoms with E-state index in [-0.39, 0.29) is 16.9 Å². The molecule has 0 bridgehead atoms. The van der Waals surface area contributed by atoms with Gasteiger partial charge in [0, 0.05) is 29.9 Å². The zero-order valence-corrected chi connectivity index (χ0v) is 9.03. The van der Waals surface area contributed by atoms with Crippen molar-refractivity contribution >= 4 is 11.4 Å². The molecule has 0 unspecified atom stereocenters. The van der Waals surface area contributed by atoms with E-state index in [0.29, 0.717) is 12.5 Å². The van der Waals surface area contributed by atoms with Gasteiger partial charge in [-0.25, -0.2) is 8.78 Å². The molecule has 0 radical (unpaired) electrons. The summed E-state index contributed by atoms with van der Waals surface area (Å²) in [5.74, 6) is 0.552. The van der Waals surface area contributed by atoms with Crippen molar-refractivity contribution in [1.82, 2.24) is 0 Å². The van der Waals surface area contributed by atoms with Crippen LogP contribution in [-0.4, -0.2) is 11.5 Å². The van der Waals surface area contributed by atoms with Gasteiger partial charge in [0.25, 0.3) is 12.1 Å². The Morgan fingerprint density at radius 3 is 2.71 bits per heavy atom. The van der Waals surface area contributed by atoms with E-state index in [1.807, 2.05) is 0 Å². The summed E-state index contributed by atoms with van der Waals surface area (Å²) in [6.45, 7) is 0.650. The lowest BCUT2D eigenvalue weighted by atomic mass is 10.1. The largest absolute Gasteiger partial charge is 0.384 e. The van der Waals surface area contributed by atoms with E-state index < -0.39 is 11.3 Å². The highest BCUT2D eigenvalue weighted by Gasteiger charge is 2.23. The molecule has 92 valence electrons. The lowest BCUT2D eigenvalue weighted by Gasteiger charge is -2.10. The molecule has 1 N–H and O–H groups in total. The Kier molecular flexibility index (Phi) is 3.21. The molecular formula is C11H12F2N2O2. The molecule has 0 amide bonds. The molecule has 6 heteroatoms. The third kappa shape index (κ3) is 2.89. The molecule has 1 aliphatic carbocycles. The molecule has 0 aliphatic heterocycles. The summed E-state index contributed by atoms with van der Waals surface area (Å²) in [6, 6.07) is 3.52. The lowest BCUT2D eigenvalue weighted by Crippen LogP contribution is -2.06. The second kappa shape index (κ2) is 4.65. The predicted molar refractivity (Wildman–Crippen MR) is 59.3 cm³/mol. The van der Waals surface area contributed by atoms with E-state index in [0.717, 1.165) is 18.9 Å². The summed E-state index contributed by atoms with van der Waals surface area (Å²) in [5.41, 5.74) is -0.324. The van der Waals surface area contributed by atoms with Crippen LogP contribution in [0.15, 0.2) is 18.2 Å². The molecule has 1 aromatic rings. The summed E-state index contributed by atoms with van der Waals surface area (Å²) in [7, 11) is 0. The first-order chi connectivity index (χ1) is 8.08. The minimum atomic E-state index is -2.71. The number of benzene rings is 1. The van der Waals surface area contributed by atoms with Crippen LogP contribution in [0.25, 0.3) is 0 Å². The van der Waals surface area contributed by atoms with Crippen LogP contribution in [0.5, 0.6) is 0 Å². The summed E-state index contributed by atoms with van der Waals surface area (Å²) < 4.78 is 25.5. The average Bonchev–Trinajstić information content (AvgIpc) is 3.09. The van der Waals surface area contributed by atoms with Gasteiger partial charge in [-0.2, -0.15) is 0 Å². The SMILES string of the molecule is O=[N+]([O-])c1ccc(NCC2CC2)c(C(F)F)c1. The van der Waals surface area contributed by atoms with E-state index in [1.54, 1.807) is 0 Å². The molecule has 0 aromatic heterocycles. The van der Waals surface area contributed by atoms with Gasteiger partial charge < -0.3 is 5.32 Å². The summed E-state index contributed by atoms with van der Waals surface area (Å²) in [4.78, 5) is 9.83. The second-order valence-corrected chi connectivity index (χ2v) is 4.15. The molecule has 17 heavy (non-hydrogen) atoms. The number of halogens is 2. The van der Waals surface area contributed by atoms with Crippen molar-refractivity contribution in [2.45, 2.75) is 19.3 Å². The molecule has 0 spiro atoms. The van der Waals surface area contributed by atoms with Gasteiger partial charge >= 0.3 is 0 Å². The number of nitro groups is 1. The van der Waals surface area contributed by atoms with Gasteiger partial charge in [-0.1, -0.05) is 0 Å². The summed E-state index contributed by atoms with van der Waals surface area (Å²) in [6.07, 6.45) is -0.481. The number of anilines is 1. The number of hydrogen-bond acceptors (Lipinski definition) is 3. The van der Waals surface area contributed by atoms with Gasteiger partial charge in [0.05, 0.1) is 4.92 Å². The number of nitrogens with zero attached hydrogens (tertiary/aromatic N) is 1. The topological polar surface area (TPSA) is 55.2 Å². The van der Waals surface area contributed by atoms with Gasteiger partial charge in [0.2, 0.25) is 0 Å². The van der Waals surface area contributed by atoms with Gasteiger partial charge in [0.1, 0.15) is 0 Å². The average molecular weight is 242 g/mol. The molecule has 1 aliphatic rings. The molecule has 0 heterocycles. The van der Waals surface area contributed by atoms with Gasteiger partial charge in [0.15, 0.2) is 0 Å². The molecule has 4 nitrogen and oxygen atoms in total. The standard InChI is InChI=1S/C11H12F2N2O2/c12-11(13)9-5-8(15(16)17)3-4-10(9)14-6-7-1-2-7/h3-5,7,11,14H,1-2,6H2. The minimum Gasteiger partial charge on any atom is -0.384 e. The number of non-ortho nitro benzene ring substituents is 1. The van der Waals surface area contributed by atoms with Crippen LogP contribution in [0, 0.1) is 16.0 Å². The molecule has 0 saturated heterocycles. The van der Waals surface area contributed by atoms with Crippen LogP contribution in [0.4, 0.5) is 20.2 Å². The highest BCUT2D eigenvalue weighted by atomic mass is 19.3. The maximum Gasteiger partial charge on any atom is 0.270 e. The highest BCUT2D eigenvalue weighted by molar-refractivity contribution is 5.56. The van der Waals surface area contributed by atoms with Gasteiger partial charge in [-0.3, -0.25) is 10.1 Å². The minimum absolute atomic E-state index is 0.289. The lowest BCUT2D eigenvalue weighted by molar-refractivity contribution is -0.385. The normalized spacial score (nSPS) is 15.0. The Balaban J connectivity index is 2.20. The number of nitro benzene ring substituents is 1. The number of hydrogen-bond donors (Lipinski definition) is 1. The molecule has 1 saturated carbocycles. The quantitative estimate of drug-likeness (QED) is 0.636. The highest BCUT2D eigenvalue weighted by Crippen LogP contribution is 2.33. The first kappa shape index (κ1) is 11.8. The first-order valence-corrected chi connectivity index (χ1v) is 5.38. The zero-order valence-electron chi connectivity index (χ0n) is 9.03. The van der Waals surface area contributed by atoms with Crippen molar-refractivity contribution in [1.29, 1.82) is 0 Å². The van der Waals surface area contributed by atoms with E-state index in [4.69, 9.17) is 0 Å². The summed E-state index contributed by atoms with van der Waals surface area (Å²) in [5, 5.41) is 13.4. The Morgan fingerprint density at radius 1 is 1.47 bits per heavy atom. The van der Waals surface area contributed by atoms with Crippen LogP contribution in [0.2, 0.25) is 0 Å². The van der Waals surface area contributed by atoms with Crippen LogP contribution in [0.3, 0.4) is 0 Å². The van der Waals surface area contributed by atoms with E-state index >= 15 is 0 Å². The molecule has 1 aromatic carbocycles. The Hall–Kier alpha value is -1.72. The predicted octanol–water partition coefficient (Wildman–Crippen LogP) is 3.35. The zero-order chi connectivity index (χ0) is 12.4. The van der Waals surface area contributed by atoms with Crippen molar-refractivity contribution in [3.05, 3.63) is 33.9 Å². The van der Waals surface area contributed by atoms with Crippen molar-refractivity contribution in [3.8, 4) is 0 Å². The molecule has 1 fully saturated rings. The number of rotatable bonds is 5. The fraction of sp³-hybridized carbons (Fsp3) is 0.455. The van der Waals surface area contributed by atoms with Gasteiger partial charge in [-0.05, 0) is 24.8 Å². The summed E-state index contributed by atoms with van der Waals surface area (Å²) >= 11 is 0. The third-order valence-electron chi connectivity index (χ3n) is 2.76. The van der Waals surface area contributed by atoms with Crippen molar-refractivity contribution in [2.75, 3.05) is 11.9 Å². The number of alkyl halides is 2. The van der Waals surface area contributed by atoms with Gasteiger partial charge in [-0.15, -0.1) is 0 Å². The Bertz CT molecular complexity index is 433. The Labute approximate surface area is 96.8 Å². The second-order valence-electron chi connectivity index (χ2n) is 4.15. The monoisotopic (exact) mass is 242 g/mol. The molecular weight excluding hydrogens is 230 g/mol. The fourth-order valence-electron chi connectivity index (χ4n) is 1.58. The molecule has 0 atom stereocenters. The van der Waals surface area contributed by atoms with Crippen LogP contribution >= 0.6 is 0 Å². The maximum atomic E-state index is 12.7. The van der Waals surface area contributed by atoms with Crippen LogP contribution < -0.4 is 5.32 Å². The van der Waals surface area contributed by atoms with E-state index in [2.05, 4.69) is 5.32 Å². The first-order valence-electron chi connectivity index (χ1n) is 5.38. The smallest absolute Gasteiger partial charge is 0.270 e. The van der Waals surface area contributed by atoms with E-state index in [9.17, 15) is 18.9 Å². The van der Waals surface area contributed by atoms with Crippen LogP contribution in [-0.2, 0) is 0 Å².